The maximum Gasteiger partial charge on any atom is 0.258 e. The van der Waals surface area contributed by atoms with Gasteiger partial charge in [-0.15, -0.1) is 0 Å². The Bertz CT molecular complexity index is 982. The summed E-state index contributed by atoms with van der Waals surface area (Å²) in [6.07, 6.45) is 2.18. The molecule has 0 aliphatic carbocycles. The van der Waals surface area contributed by atoms with E-state index >= 15 is 0 Å². The molecule has 1 amide bonds. The van der Waals surface area contributed by atoms with E-state index in [4.69, 9.17) is 0 Å². The Balaban J connectivity index is 1.80. The van der Waals surface area contributed by atoms with Gasteiger partial charge in [0, 0.05) is 20.2 Å². The molecule has 3 rings (SSSR count). The molecule has 0 atom stereocenters. The number of carbonyl (C=O) groups is 1. The van der Waals surface area contributed by atoms with Crippen LogP contribution < -0.4 is 4.90 Å². The number of halogens is 2. The second kappa shape index (κ2) is 12.3. The minimum absolute atomic E-state index is 0.00372. The van der Waals surface area contributed by atoms with E-state index in [1.807, 2.05) is 41.3 Å². The molecule has 3 aromatic rings. The fourth-order valence-electron chi connectivity index (χ4n) is 3.79. The van der Waals surface area contributed by atoms with Gasteiger partial charge in [-0.25, -0.2) is 0 Å². The van der Waals surface area contributed by atoms with Crippen LogP contribution in [0.2, 0.25) is 0 Å². The molecule has 0 aromatic heterocycles. The third-order valence-electron chi connectivity index (χ3n) is 5.61. The van der Waals surface area contributed by atoms with E-state index in [1.54, 1.807) is 0 Å². The molecule has 0 radical (unpaired) electrons. The number of benzene rings is 3. The molecule has 0 aliphatic heterocycles. The predicted octanol–water partition coefficient (Wildman–Crippen LogP) is 7.33. The van der Waals surface area contributed by atoms with Gasteiger partial charge in [0.25, 0.3) is 5.91 Å². The van der Waals surface area contributed by atoms with Gasteiger partial charge in [-0.2, -0.15) is 0 Å². The number of aryl methyl sites for hydroxylation is 1. The second-order valence-electron chi connectivity index (χ2n) is 7.83. The van der Waals surface area contributed by atoms with E-state index in [0.717, 1.165) is 52.7 Å². The van der Waals surface area contributed by atoms with Crippen molar-refractivity contribution in [3.63, 3.8) is 0 Å². The molecule has 0 aliphatic rings. The quantitative estimate of drug-likeness (QED) is 0.260. The zero-order valence-electron chi connectivity index (χ0n) is 18.7. The molecule has 0 fully saturated rings. The highest BCUT2D eigenvalue weighted by Gasteiger charge is 2.18. The largest absolute Gasteiger partial charge is 0.304 e. The normalized spacial score (nSPS) is 11.0. The molecule has 32 heavy (non-hydrogen) atoms. The van der Waals surface area contributed by atoms with Crippen LogP contribution in [0.4, 0.5) is 5.69 Å². The zero-order valence-corrected chi connectivity index (χ0v) is 21.9. The molecule has 0 unspecified atom stereocenters. The smallest absolute Gasteiger partial charge is 0.258 e. The average Bonchev–Trinajstić information content (AvgIpc) is 2.80. The van der Waals surface area contributed by atoms with E-state index in [2.05, 4.69) is 87.0 Å². The summed E-state index contributed by atoms with van der Waals surface area (Å²) >= 11 is 7.12. The van der Waals surface area contributed by atoms with Crippen LogP contribution >= 0.6 is 31.9 Å². The van der Waals surface area contributed by atoms with E-state index in [1.165, 1.54) is 5.56 Å². The first-order valence-electron chi connectivity index (χ1n) is 11.1. The topological polar surface area (TPSA) is 23.6 Å². The number of nitrogens with zero attached hydrogens (tertiary/aromatic N) is 2. The van der Waals surface area contributed by atoms with Crippen molar-refractivity contribution < 1.29 is 4.79 Å². The van der Waals surface area contributed by atoms with Crippen molar-refractivity contribution in [2.75, 3.05) is 24.5 Å². The van der Waals surface area contributed by atoms with Crippen molar-refractivity contribution in [3.05, 3.63) is 98.4 Å². The highest BCUT2D eigenvalue weighted by molar-refractivity contribution is 9.11. The van der Waals surface area contributed by atoms with Crippen LogP contribution in [0.1, 0.15) is 41.8 Å². The molecule has 0 spiro atoms. The maximum atomic E-state index is 13.4. The van der Waals surface area contributed by atoms with E-state index in [0.29, 0.717) is 12.1 Å². The molecule has 0 N–H and O–H groups in total. The Hall–Kier alpha value is -1.95. The lowest BCUT2D eigenvalue weighted by atomic mass is 10.1. The molecule has 5 heteroatoms. The number of amides is 1. The van der Waals surface area contributed by atoms with Gasteiger partial charge >= 0.3 is 0 Å². The van der Waals surface area contributed by atoms with Gasteiger partial charge in [0.05, 0.1) is 6.54 Å². The van der Waals surface area contributed by atoms with Crippen molar-refractivity contribution in [3.8, 4) is 0 Å². The summed E-state index contributed by atoms with van der Waals surface area (Å²) in [5.74, 6) is -0.00372. The van der Waals surface area contributed by atoms with Gasteiger partial charge in [0.2, 0.25) is 0 Å². The zero-order chi connectivity index (χ0) is 22.9. The number of hydrogen-bond acceptors (Lipinski definition) is 2. The standard InChI is InChI=1S/C27H30Br2N2O/c1-3-30(4-2)16-8-9-21-12-14-26(15-13-21)31(27(32)23-10-6-5-7-11-23)20-22-17-24(28)19-25(29)18-22/h5-7,10-15,17-19H,3-4,8-9,16,20H2,1-2H3. The summed E-state index contributed by atoms with van der Waals surface area (Å²) in [7, 11) is 0. The van der Waals surface area contributed by atoms with Crippen LogP contribution in [-0.2, 0) is 13.0 Å². The van der Waals surface area contributed by atoms with Crippen LogP contribution in [0.5, 0.6) is 0 Å². The first kappa shape index (κ1) is 24.7. The molecule has 0 saturated carbocycles. The maximum absolute atomic E-state index is 13.4. The lowest BCUT2D eigenvalue weighted by Crippen LogP contribution is -2.30. The lowest BCUT2D eigenvalue weighted by molar-refractivity contribution is 0.0985. The van der Waals surface area contributed by atoms with Crippen molar-refractivity contribution in [1.82, 2.24) is 4.90 Å². The van der Waals surface area contributed by atoms with Gasteiger partial charge in [-0.05, 0) is 86.1 Å². The molecular formula is C27H30Br2N2O. The van der Waals surface area contributed by atoms with Crippen molar-refractivity contribution in [2.45, 2.75) is 33.2 Å². The second-order valence-corrected chi connectivity index (χ2v) is 9.66. The van der Waals surface area contributed by atoms with Crippen molar-refractivity contribution >= 4 is 43.5 Å². The van der Waals surface area contributed by atoms with Gasteiger partial charge in [-0.3, -0.25) is 4.79 Å². The molecule has 3 aromatic carbocycles. The molecule has 168 valence electrons. The Morgan fingerprint density at radius 2 is 1.44 bits per heavy atom. The van der Waals surface area contributed by atoms with Crippen LogP contribution in [-0.4, -0.2) is 30.4 Å². The van der Waals surface area contributed by atoms with Crippen LogP contribution in [0.3, 0.4) is 0 Å². The molecule has 3 nitrogen and oxygen atoms in total. The predicted molar refractivity (Wildman–Crippen MR) is 141 cm³/mol. The fraction of sp³-hybridized carbons (Fsp3) is 0.296. The molecule has 0 bridgehead atoms. The van der Waals surface area contributed by atoms with Gasteiger partial charge in [0.15, 0.2) is 0 Å². The highest BCUT2D eigenvalue weighted by Crippen LogP contribution is 2.25. The van der Waals surface area contributed by atoms with E-state index in [-0.39, 0.29) is 5.91 Å². The molecular weight excluding hydrogens is 528 g/mol. The molecule has 0 heterocycles. The Morgan fingerprint density at radius 1 is 0.812 bits per heavy atom. The van der Waals surface area contributed by atoms with Gasteiger partial charge in [-0.1, -0.05) is 76.0 Å². The highest BCUT2D eigenvalue weighted by atomic mass is 79.9. The summed E-state index contributed by atoms with van der Waals surface area (Å²) in [5, 5.41) is 0. The van der Waals surface area contributed by atoms with Gasteiger partial charge < -0.3 is 9.80 Å². The third kappa shape index (κ3) is 7.03. The number of rotatable bonds is 10. The monoisotopic (exact) mass is 556 g/mol. The van der Waals surface area contributed by atoms with Crippen LogP contribution in [0, 0.1) is 0 Å². The summed E-state index contributed by atoms with van der Waals surface area (Å²) in [6.45, 7) is 8.22. The first-order valence-corrected chi connectivity index (χ1v) is 12.7. The summed E-state index contributed by atoms with van der Waals surface area (Å²) in [5.41, 5.74) is 3.95. The Morgan fingerprint density at radius 3 is 2.03 bits per heavy atom. The minimum Gasteiger partial charge on any atom is -0.304 e. The average molecular weight is 558 g/mol. The first-order chi connectivity index (χ1) is 15.5. The van der Waals surface area contributed by atoms with Crippen molar-refractivity contribution in [1.29, 1.82) is 0 Å². The van der Waals surface area contributed by atoms with Crippen LogP contribution in [0.25, 0.3) is 0 Å². The summed E-state index contributed by atoms with van der Waals surface area (Å²) in [4.78, 5) is 17.7. The Kier molecular flexibility index (Phi) is 9.51. The number of hydrogen-bond donors (Lipinski definition) is 0. The third-order valence-corrected chi connectivity index (χ3v) is 6.53. The number of carbonyl (C=O) groups excluding carboxylic acids is 1. The SMILES string of the molecule is CCN(CC)CCCc1ccc(N(Cc2cc(Br)cc(Br)c2)C(=O)c2ccccc2)cc1. The van der Waals surface area contributed by atoms with Gasteiger partial charge in [0.1, 0.15) is 0 Å². The van der Waals surface area contributed by atoms with Crippen molar-refractivity contribution in [2.24, 2.45) is 0 Å². The van der Waals surface area contributed by atoms with E-state index < -0.39 is 0 Å². The Labute approximate surface area is 208 Å². The lowest BCUT2D eigenvalue weighted by Gasteiger charge is -2.24. The summed E-state index contributed by atoms with van der Waals surface area (Å²) in [6, 6.07) is 24.0. The summed E-state index contributed by atoms with van der Waals surface area (Å²) < 4.78 is 1.97. The van der Waals surface area contributed by atoms with Crippen LogP contribution in [0.15, 0.2) is 81.7 Å². The minimum atomic E-state index is -0.00372. The fourth-order valence-corrected chi connectivity index (χ4v) is 5.18. The molecule has 0 saturated heterocycles. The van der Waals surface area contributed by atoms with E-state index in [9.17, 15) is 4.79 Å². The number of anilines is 1.